The quantitative estimate of drug-likeness (QED) is 0.894. The summed E-state index contributed by atoms with van der Waals surface area (Å²) < 4.78 is 3.41. The zero-order chi connectivity index (χ0) is 15.5. The predicted octanol–water partition coefficient (Wildman–Crippen LogP) is 1.08. The third kappa shape index (κ3) is 3.36. The van der Waals surface area contributed by atoms with Crippen LogP contribution in [-0.2, 0) is 24.9 Å². The van der Waals surface area contributed by atoms with Crippen LogP contribution in [0, 0.1) is 0 Å². The van der Waals surface area contributed by atoms with Gasteiger partial charge in [0.05, 0.1) is 11.4 Å². The molecule has 0 aromatic carbocycles. The molecule has 0 unspecified atom stereocenters. The summed E-state index contributed by atoms with van der Waals surface area (Å²) in [5.74, 6) is -0.492. The molecule has 1 atom stereocenters. The van der Waals surface area contributed by atoms with Crippen LogP contribution in [-0.4, -0.2) is 48.6 Å². The molecule has 1 fully saturated rings. The van der Waals surface area contributed by atoms with Gasteiger partial charge in [-0.25, -0.2) is 0 Å². The highest BCUT2D eigenvalue weighted by Crippen LogP contribution is 2.26. The molecular formula is C15H21N5O2. The number of carbonyl (C=O) groups is 1. The van der Waals surface area contributed by atoms with Crippen molar-refractivity contribution in [3.8, 4) is 0 Å². The third-order valence-electron chi connectivity index (χ3n) is 4.19. The van der Waals surface area contributed by atoms with Gasteiger partial charge in [0.15, 0.2) is 0 Å². The molecule has 0 bridgehead atoms. The number of piperidine rings is 1. The Morgan fingerprint density at radius 2 is 2.32 bits per heavy atom. The Morgan fingerprint density at radius 1 is 1.45 bits per heavy atom. The van der Waals surface area contributed by atoms with Gasteiger partial charge in [-0.1, -0.05) is 0 Å². The van der Waals surface area contributed by atoms with E-state index in [4.69, 9.17) is 5.11 Å². The predicted molar refractivity (Wildman–Crippen MR) is 80.3 cm³/mol. The van der Waals surface area contributed by atoms with E-state index in [1.54, 1.807) is 6.20 Å². The number of hydrogen-bond acceptors (Lipinski definition) is 4. The lowest BCUT2D eigenvalue weighted by atomic mass is 9.95. The van der Waals surface area contributed by atoms with Gasteiger partial charge in [-0.05, 0) is 31.5 Å². The van der Waals surface area contributed by atoms with Crippen molar-refractivity contribution in [2.24, 2.45) is 7.05 Å². The number of carboxylic acids is 1. The zero-order valence-electron chi connectivity index (χ0n) is 12.7. The van der Waals surface area contributed by atoms with Crippen molar-refractivity contribution in [2.75, 3.05) is 13.1 Å². The smallest absolute Gasteiger partial charge is 0.325 e. The summed E-state index contributed by atoms with van der Waals surface area (Å²) in [6.45, 7) is 2.85. The van der Waals surface area contributed by atoms with Gasteiger partial charge >= 0.3 is 5.97 Å². The fraction of sp³-hybridized carbons (Fsp3) is 0.533. The second kappa shape index (κ2) is 6.31. The molecule has 3 rings (SSSR count). The average Bonchev–Trinajstić information content (AvgIpc) is 3.09. The van der Waals surface area contributed by atoms with Crippen LogP contribution in [0.5, 0.6) is 0 Å². The maximum absolute atomic E-state index is 10.7. The maximum atomic E-state index is 10.7. The number of carboxylic acid groups (broad SMARTS) is 1. The summed E-state index contributed by atoms with van der Waals surface area (Å²) in [6, 6.07) is 3.99. The summed E-state index contributed by atoms with van der Waals surface area (Å²) in [6.07, 6.45) is 5.81. The van der Waals surface area contributed by atoms with Crippen LogP contribution < -0.4 is 0 Å². The summed E-state index contributed by atoms with van der Waals surface area (Å²) >= 11 is 0. The molecule has 2 aromatic rings. The van der Waals surface area contributed by atoms with Gasteiger partial charge in [-0.15, -0.1) is 0 Å². The van der Waals surface area contributed by atoms with Gasteiger partial charge in [0, 0.05) is 38.4 Å². The molecular weight excluding hydrogens is 282 g/mol. The Balaban J connectivity index is 1.64. The minimum atomic E-state index is -0.865. The van der Waals surface area contributed by atoms with Gasteiger partial charge < -0.3 is 5.11 Å². The fourth-order valence-corrected chi connectivity index (χ4v) is 3.05. The van der Waals surface area contributed by atoms with Gasteiger partial charge in [0.25, 0.3) is 0 Å². The molecule has 7 nitrogen and oxygen atoms in total. The summed E-state index contributed by atoms with van der Waals surface area (Å²) in [7, 11) is 1.96. The molecule has 7 heteroatoms. The molecule has 1 aliphatic rings. The normalized spacial score (nSPS) is 19.4. The van der Waals surface area contributed by atoms with Crippen molar-refractivity contribution in [3.63, 3.8) is 0 Å². The molecule has 1 saturated heterocycles. The highest BCUT2D eigenvalue weighted by atomic mass is 16.4. The van der Waals surface area contributed by atoms with Crippen LogP contribution in [0.15, 0.2) is 24.5 Å². The number of rotatable bonds is 5. The largest absolute Gasteiger partial charge is 0.480 e. The molecule has 118 valence electrons. The second-order valence-corrected chi connectivity index (χ2v) is 5.85. The fourth-order valence-electron chi connectivity index (χ4n) is 3.05. The summed E-state index contributed by atoms with van der Waals surface area (Å²) in [5, 5.41) is 17.4. The number of nitrogens with zero attached hydrogens (tertiary/aromatic N) is 5. The Bertz CT molecular complexity index is 648. The number of aromatic nitrogens is 4. The van der Waals surface area contributed by atoms with Gasteiger partial charge in [-0.3, -0.25) is 19.1 Å². The Morgan fingerprint density at radius 3 is 3.05 bits per heavy atom. The van der Waals surface area contributed by atoms with Crippen LogP contribution in [0.3, 0.4) is 0 Å². The van der Waals surface area contributed by atoms with Crippen molar-refractivity contribution in [2.45, 2.75) is 31.8 Å². The second-order valence-electron chi connectivity index (χ2n) is 5.85. The van der Waals surface area contributed by atoms with Gasteiger partial charge in [0.2, 0.25) is 0 Å². The minimum absolute atomic E-state index is 0.0779. The average molecular weight is 303 g/mol. The Kier molecular flexibility index (Phi) is 4.24. The molecule has 0 amide bonds. The summed E-state index contributed by atoms with van der Waals surface area (Å²) in [5.41, 5.74) is 2.20. The van der Waals surface area contributed by atoms with Crippen LogP contribution in [0.4, 0.5) is 0 Å². The first-order chi connectivity index (χ1) is 10.6. The third-order valence-corrected chi connectivity index (χ3v) is 4.19. The number of aryl methyl sites for hydroxylation is 1. The van der Waals surface area contributed by atoms with Crippen molar-refractivity contribution in [3.05, 3.63) is 35.9 Å². The number of hydrogen-bond donors (Lipinski definition) is 1. The van der Waals surface area contributed by atoms with Crippen LogP contribution >= 0.6 is 0 Å². The molecule has 0 saturated carbocycles. The molecule has 3 heterocycles. The van der Waals surface area contributed by atoms with Crippen LogP contribution in [0.2, 0.25) is 0 Å². The van der Waals surface area contributed by atoms with Gasteiger partial charge in [-0.2, -0.15) is 10.2 Å². The number of aliphatic carboxylic acids is 1. The first-order valence-corrected chi connectivity index (χ1v) is 7.56. The van der Waals surface area contributed by atoms with E-state index in [-0.39, 0.29) is 6.54 Å². The number of likely N-dealkylation sites (tertiary alicyclic amines) is 1. The van der Waals surface area contributed by atoms with E-state index < -0.39 is 5.97 Å². The standard InChI is InChI=1S/C15H21N5O2/c1-18-13(4-6-16-18)10-19-7-2-3-12(9-19)14-5-8-20(17-14)11-15(21)22/h4-6,8,12H,2-3,7,9-11H2,1H3,(H,21,22)/t12-/m1/s1. The minimum Gasteiger partial charge on any atom is -0.480 e. The van der Waals surface area contributed by atoms with E-state index in [1.807, 2.05) is 30.1 Å². The first kappa shape index (κ1) is 14.8. The maximum Gasteiger partial charge on any atom is 0.325 e. The van der Waals surface area contributed by atoms with Crippen molar-refractivity contribution in [1.29, 1.82) is 0 Å². The SMILES string of the molecule is Cn1nccc1CN1CCC[C@@H](c2ccn(CC(=O)O)n2)C1. The lowest BCUT2D eigenvalue weighted by Gasteiger charge is -2.31. The molecule has 0 radical (unpaired) electrons. The van der Waals surface area contributed by atoms with E-state index in [1.165, 1.54) is 10.4 Å². The molecule has 22 heavy (non-hydrogen) atoms. The van der Waals surface area contributed by atoms with Crippen LogP contribution in [0.1, 0.15) is 30.1 Å². The molecule has 0 aliphatic carbocycles. The van der Waals surface area contributed by atoms with Crippen molar-refractivity contribution < 1.29 is 9.90 Å². The lowest BCUT2D eigenvalue weighted by molar-refractivity contribution is -0.137. The highest BCUT2D eigenvalue weighted by Gasteiger charge is 2.23. The summed E-state index contributed by atoms with van der Waals surface area (Å²) in [4.78, 5) is 13.2. The highest BCUT2D eigenvalue weighted by molar-refractivity contribution is 5.66. The van der Waals surface area contributed by atoms with E-state index in [2.05, 4.69) is 15.1 Å². The van der Waals surface area contributed by atoms with E-state index in [0.717, 1.165) is 38.2 Å². The molecule has 1 N–H and O–H groups in total. The Labute approximate surface area is 129 Å². The van der Waals surface area contributed by atoms with Crippen molar-refractivity contribution >= 4 is 5.97 Å². The molecule has 0 spiro atoms. The molecule has 1 aliphatic heterocycles. The van der Waals surface area contributed by atoms with Crippen LogP contribution in [0.25, 0.3) is 0 Å². The topological polar surface area (TPSA) is 76.2 Å². The monoisotopic (exact) mass is 303 g/mol. The lowest BCUT2D eigenvalue weighted by Crippen LogP contribution is -2.34. The Hall–Kier alpha value is -2.15. The van der Waals surface area contributed by atoms with Gasteiger partial charge in [0.1, 0.15) is 6.54 Å². The van der Waals surface area contributed by atoms with E-state index in [9.17, 15) is 4.79 Å². The van der Waals surface area contributed by atoms with Crippen molar-refractivity contribution in [1.82, 2.24) is 24.5 Å². The zero-order valence-corrected chi connectivity index (χ0v) is 12.7. The first-order valence-electron chi connectivity index (χ1n) is 7.56. The molecule has 2 aromatic heterocycles. The van der Waals surface area contributed by atoms with E-state index >= 15 is 0 Å². The van der Waals surface area contributed by atoms with E-state index in [0.29, 0.717) is 5.92 Å².